The van der Waals surface area contributed by atoms with Crippen LogP contribution in [-0.4, -0.2) is 76.2 Å². The van der Waals surface area contributed by atoms with Gasteiger partial charge in [-0.2, -0.15) is 0 Å². The van der Waals surface area contributed by atoms with Crippen molar-refractivity contribution >= 4 is 11.7 Å². The highest BCUT2D eigenvalue weighted by Crippen LogP contribution is 2.31. The molecular formula is C39H50N6O3. The number of aliphatic hydroxyl groups excluding tert-OH is 1. The third-order valence-electron chi connectivity index (χ3n) is 9.67. The normalized spacial score (nSPS) is 16.0. The molecule has 2 fully saturated rings. The van der Waals surface area contributed by atoms with E-state index >= 15 is 0 Å². The van der Waals surface area contributed by atoms with Crippen molar-refractivity contribution in [2.24, 2.45) is 5.73 Å². The average molecular weight is 651 g/mol. The van der Waals surface area contributed by atoms with Gasteiger partial charge in [0, 0.05) is 67.5 Å². The first-order chi connectivity index (χ1) is 23.1. The van der Waals surface area contributed by atoms with Gasteiger partial charge in [-0.1, -0.05) is 67.4 Å². The first-order valence-electron chi connectivity index (χ1n) is 17.0. The summed E-state index contributed by atoms with van der Waals surface area (Å²) in [6.07, 6.45) is 8.85. The van der Waals surface area contributed by atoms with Crippen molar-refractivity contribution < 1.29 is 14.6 Å². The fraction of sp³-hybridized carbons (Fsp3) is 0.410. The zero-order chi connectivity index (χ0) is 34.1. The maximum Gasteiger partial charge on any atom is 0.252 e. The summed E-state index contributed by atoms with van der Waals surface area (Å²) < 4.78 is 6.05. The molecule has 4 aromatic rings. The Balaban J connectivity index is 0.000000224. The Hall–Kier alpha value is -4.15. The SMILES string of the molecule is CC(C)(c1ccc(-c2ccc(COC3CCCC3)cc2)cc1)N1CCN(CCO)CC1.Cc1ccc(-c2cnc(N)c(C(N)=O)c2)cn1. The van der Waals surface area contributed by atoms with Gasteiger partial charge in [0.05, 0.1) is 24.9 Å². The summed E-state index contributed by atoms with van der Waals surface area (Å²) in [4.78, 5) is 24.2. The molecule has 0 radical (unpaired) electrons. The second kappa shape index (κ2) is 16.3. The first kappa shape index (κ1) is 35.2. The molecule has 6 rings (SSSR count). The number of β-amino-alcohol motifs (C(OH)–C–C–N with tert-alkyl or cyclic N) is 1. The van der Waals surface area contributed by atoms with E-state index in [0.717, 1.165) is 56.2 Å². The lowest BCUT2D eigenvalue weighted by atomic mass is 9.90. The molecule has 2 aliphatic rings. The molecule has 0 unspecified atom stereocenters. The lowest BCUT2D eigenvalue weighted by molar-refractivity contribution is 0.0440. The third-order valence-corrected chi connectivity index (χ3v) is 9.67. The molecule has 1 saturated heterocycles. The predicted octanol–water partition coefficient (Wildman–Crippen LogP) is 5.79. The number of piperazine rings is 1. The number of primary amides is 1. The molecule has 1 aliphatic carbocycles. The van der Waals surface area contributed by atoms with Crippen LogP contribution in [0.15, 0.2) is 79.1 Å². The highest BCUT2D eigenvalue weighted by Gasteiger charge is 2.31. The number of aliphatic hydroxyl groups is 1. The number of nitrogens with zero attached hydrogens (tertiary/aromatic N) is 4. The Morgan fingerprint density at radius 1 is 0.875 bits per heavy atom. The van der Waals surface area contributed by atoms with E-state index in [0.29, 0.717) is 6.10 Å². The molecule has 2 aromatic carbocycles. The van der Waals surface area contributed by atoms with Crippen molar-refractivity contribution in [2.45, 2.75) is 64.7 Å². The Morgan fingerprint density at radius 3 is 2.06 bits per heavy atom. The minimum absolute atomic E-state index is 0.00523. The van der Waals surface area contributed by atoms with E-state index < -0.39 is 5.91 Å². The Kier molecular flexibility index (Phi) is 11.9. The molecule has 1 aliphatic heterocycles. The van der Waals surface area contributed by atoms with Crippen molar-refractivity contribution in [3.63, 3.8) is 0 Å². The lowest BCUT2D eigenvalue weighted by Crippen LogP contribution is -2.53. The quantitative estimate of drug-likeness (QED) is 0.197. The van der Waals surface area contributed by atoms with Crippen LogP contribution < -0.4 is 11.5 Å². The molecule has 1 saturated carbocycles. The van der Waals surface area contributed by atoms with Crippen molar-refractivity contribution in [3.8, 4) is 22.3 Å². The number of hydrogen-bond donors (Lipinski definition) is 3. The largest absolute Gasteiger partial charge is 0.395 e. The van der Waals surface area contributed by atoms with Crippen LogP contribution >= 0.6 is 0 Å². The third kappa shape index (κ3) is 9.05. The molecule has 9 heteroatoms. The number of hydrogen-bond acceptors (Lipinski definition) is 8. The van der Waals surface area contributed by atoms with Crippen LogP contribution in [0.1, 0.15) is 66.7 Å². The summed E-state index contributed by atoms with van der Waals surface area (Å²) in [5, 5.41) is 9.17. The van der Waals surface area contributed by atoms with Gasteiger partial charge in [-0.15, -0.1) is 0 Å². The summed E-state index contributed by atoms with van der Waals surface area (Å²) in [6, 6.07) is 23.3. The van der Waals surface area contributed by atoms with E-state index in [-0.39, 0.29) is 23.5 Å². The molecule has 0 atom stereocenters. The average Bonchev–Trinajstić information content (AvgIpc) is 3.63. The van der Waals surface area contributed by atoms with E-state index in [1.807, 2.05) is 19.1 Å². The second-order valence-electron chi connectivity index (χ2n) is 13.3. The van der Waals surface area contributed by atoms with Gasteiger partial charge < -0.3 is 21.3 Å². The molecular weight excluding hydrogens is 600 g/mol. The number of rotatable bonds is 10. The van der Waals surface area contributed by atoms with Gasteiger partial charge in [0.2, 0.25) is 0 Å². The molecule has 5 N–H and O–H groups in total. The van der Waals surface area contributed by atoms with Crippen LogP contribution in [0.2, 0.25) is 0 Å². The molecule has 3 heterocycles. The van der Waals surface area contributed by atoms with Crippen LogP contribution in [0.25, 0.3) is 22.3 Å². The maximum atomic E-state index is 11.1. The molecule has 2 aromatic heterocycles. The van der Waals surface area contributed by atoms with Gasteiger partial charge in [0.1, 0.15) is 5.82 Å². The number of carbonyl (C=O) groups excluding carboxylic acids is 1. The lowest BCUT2D eigenvalue weighted by Gasteiger charge is -2.44. The van der Waals surface area contributed by atoms with Gasteiger partial charge >= 0.3 is 0 Å². The van der Waals surface area contributed by atoms with Crippen LogP contribution in [0.3, 0.4) is 0 Å². The smallest absolute Gasteiger partial charge is 0.252 e. The Labute approximate surface area is 285 Å². The monoisotopic (exact) mass is 650 g/mol. The molecule has 254 valence electrons. The van der Waals surface area contributed by atoms with E-state index in [1.165, 1.54) is 47.9 Å². The number of nitrogen functional groups attached to an aromatic ring is 1. The Morgan fingerprint density at radius 2 is 1.48 bits per heavy atom. The first-order valence-corrected chi connectivity index (χ1v) is 17.0. The van der Waals surface area contributed by atoms with Crippen LogP contribution in [0.5, 0.6) is 0 Å². The second-order valence-corrected chi connectivity index (χ2v) is 13.3. The van der Waals surface area contributed by atoms with Crippen molar-refractivity contribution in [2.75, 3.05) is 45.1 Å². The van der Waals surface area contributed by atoms with Crippen molar-refractivity contribution in [1.29, 1.82) is 0 Å². The number of ether oxygens (including phenoxy) is 1. The number of aryl methyl sites for hydroxylation is 1. The summed E-state index contributed by atoms with van der Waals surface area (Å²) in [5.41, 5.74) is 18.7. The minimum Gasteiger partial charge on any atom is -0.395 e. The van der Waals surface area contributed by atoms with Crippen molar-refractivity contribution in [3.05, 3.63) is 102 Å². The van der Waals surface area contributed by atoms with E-state index in [9.17, 15) is 4.79 Å². The van der Waals surface area contributed by atoms with Gasteiger partial charge in [0.15, 0.2) is 0 Å². The summed E-state index contributed by atoms with van der Waals surface area (Å²) >= 11 is 0. The number of aromatic nitrogens is 2. The number of benzene rings is 2. The van der Waals surface area contributed by atoms with E-state index in [4.69, 9.17) is 21.3 Å². The van der Waals surface area contributed by atoms with Crippen LogP contribution in [-0.2, 0) is 16.9 Å². The maximum absolute atomic E-state index is 11.1. The topological polar surface area (TPSA) is 131 Å². The molecule has 9 nitrogen and oxygen atoms in total. The minimum atomic E-state index is -0.586. The van der Waals surface area contributed by atoms with E-state index in [1.54, 1.807) is 18.5 Å². The number of nitrogens with two attached hydrogens (primary N) is 2. The highest BCUT2D eigenvalue weighted by molar-refractivity contribution is 5.98. The zero-order valence-electron chi connectivity index (χ0n) is 28.6. The van der Waals surface area contributed by atoms with Crippen molar-refractivity contribution in [1.82, 2.24) is 19.8 Å². The fourth-order valence-corrected chi connectivity index (χ4v) is 6.46. The van der Waals surface area contributed by atoms with Gasteiger partial charge in [-0.3, -0.25) is 19.6 Å². The standard InChI is InChI=1S/C27H38N2O2.C12H12N4O/c1-27(2,29-17-15-28(16-18-29)19-20-30)25-13-11-24(12-14-25)23-9-7-22(8-10-23)21-31-26-5-3-4-6-26;1-7-2-3-8(5-15-7)9-4-10(12(14)17)11(13)16-6-9/h7-14,26,30H,3-6,15-21H2,1-2H3;2-6H,1H3,(H2,13,16)(H2,14,17). The van der Waals surface area contributed by atoms with Gasteiger partial charge in [0.25, 0.3) is 5.91 Å². The predicted molar refractivity (Wildman–Crippen MR) is 192 cm³/mol. The van der Waals surface area contributed by atoms with Crippen LogP contribution in [0.4, 0.5) is 5.82 Å². The number of carbonyl (C=O) groups is 1. The Bertz CT molecular complexity index is 1610. The molecule has 1 amide bonds. The van der Waals surface area contributed by atoms with Crippen LogP contribution in [0, 0.1) is 6.92 Å². The summed E-state index contributed by atoms with van der Waals surface area (Å²) in [7, 11) is 0. The van der Waals surface area contributed by atoms with Gasteiger partial charge in [-0.05, 0) is 68.0 Å². The highest BCUT2D eigenvalue weighted by atomic mass is 16.5. The number of anilines is 1. The number of pyridine rings is 2. The van der Waals surface area contributed by atoms with E-state index in [2.05, 4.69) is 82.1 Å². The summed E-state index contributed by atoms with van der Waals surface area (Å²) in [6.45, 7) is 12.4. The number of amides is 1. The van der Waals surface area contributed by atoms with Gasteiger partial charge in [-0.25, -0.2) is 4.98 Å². The fourth-order valence-electron chi connectivity index (χ4n) is 6.46. The zero-order valence-corrected chi connectivity index (χ0v) is 28.6. The molecule has 0 spiro atoms. The summed E-state index contributed by atoms with van der Waals surface area (Å²) in [5.74, 6) is -0.446. The molecule has 48 heavy (non-hydrogen) atoms. The molecule has 0 bridgehead atoms.